The van der Waals surface area contributed by atoms with E-state index >= 15 is 0 Å². The lowest BCUT2D eigenvalue weighted by molar-refractivity contribution is 0.767. The molecule has 0 bridgehead atoms. The summed E-state index contributed by atoms with van der Waals surface area (Å²) in [5.74, 6) is 0. The highest BCUT2D eigenvalue weighted by molar-refractivity contribution is 9.10. The zero-order valence-corrected chi connectivity index (χ0v) is 14.5. The summed E-state index contributed by atoms with van der Waals surface area (Å²) in [4.78, 5) is 6.85. The topological polar surface area (TPSA) is 46.0 Å². The number of anilines is 2. The smallest absolute Gasteiger partial charge is 0.0864 e. The van der Waals surface area contributed by atoms with E-state index in [-0.39, 0.29) is 0 Å². The molecule has 1 saturated heterocycles. The molecule has 118 valence electrons. The van der Waals surface area contributed by atoms with Gasteiger partial charge in [0.25, 0.3) is 0 Å². The van der Waals surface area contributed by atoms with Crippen molar-refractivity contribution in [1.82, 2.24) is 14.8 Å². The zero-order chi connectivity index (χ0) is 15.8. The number of pyridine rings is 1. The number of para-hydroxylation sites is 1. The first kappa shape index (κ1) is 14.5. The third kappa shape index (κ3) is 2.79. The molecule has 0 saturated carbocycles. The summed E-state index contributed by atoms with van der Waals surface area (Å²) in [6, 6.07) is 8.68. The van der Waals surface area contributed by atoms with Gasteiger partial charge in [0.15, 0.2) is 0 Å². The Labute approximate surface area is 143 Å². The van der Waals surface area contributed by atoms with Crippen LogP contribution in [0.15, 0.2) is 47.3 Å². The molecule has 0 aliphatic carbocycles. The Bertz CT molecular complexity index is 844. The van der Waals surface area contributed by atoms with E-state index in [0.29, 0.717) is 6.04 Å². The minimum Gasteiger partial charge on any atom is -0.380 e. The third-order valence-corrected chi connectivity index (χ3v) is 4.97. The van der Waals surface area contributed by atoms with Crippen molar-refractivity contribution in [2.45, 2.75) is 12.5 Å². The predicted octanol–water partition coefficient (Wildman–Crippen LogP) is 3.42. The number of nitrogens with zero attached hydrogens (tertiary/aromatic N) is 4. The van der Waals surface area contributed by atoms with Crippen molar-refractivity contribution in [2.75, 3.05) is 23.3 Å². The second-order valence-electron chi connectivity index (χ2n) is 5.94. The van der Waals surface area contributed by atoms with Crippen LogP contribution in [0.25, 0.3) is 10.9 Å². The van der Waals surface area contributed by atoms with E-state index in [1.54, 1.807) is 0 Å². The predicted molar refractivity (Wildman–Crippen MR) is 96.9 cm³/mol. The van der Waals surface area contributed by atoms with Gasteiger partial charge in [-0.1, -0.05) is 12.1 Å². The van der Waals surface area contributed by atoms with Gasteiger partial charge in [0, 0.05) is 54.1 Å². The van der Waals surface area contributed by atoms with Gasteiger partial charge in [-0.25, -0.2) is 0 Å². The Morgan fingerprint density at radius 3 is 3.04 bits per heavy atom. The van der Waals surface area contributed by atoms with E-state index in [2.05, 4.69) is 60.6 Å². The fourth-order valence-electron chi connectivity index (χ4n) is 3.17. The highest BCUT2D eigenvalue weighted by atomic mass is 79.9. The molecule has 0 spiro atoms. The van der Waals surface area contributed by atoms with Gasteiger partial charge in [-0.15, -0.1) is 0 Å². The number of hydrogen-bond acceptors (Lipinski definition) is 4. The van der Waals surface area contributed by atoms with E-state index in [9.17, 15) is 0 Å². The third-order valence-electron chi connectivity index (χ3n) is 4.33. The second kappa shape index (κ2) is 5.85. The fourth-order valence-corrected chi connectivity index (χ4v) is 3.64. The lowest BCUT2D eigenvalue weighted by Crippen LogP contribution is -2.25. The van der Waals surface area contributed by atoms with Crippen LogP contribution < -0.4 is 10.2 Å². The molecule has 0 amide bonds. The van der Waals surface area contributed by atoms with Gasteiger partial charge in [-0.2, -0.15) is 5.10 Å². The van der Waals surface area contributed by atoms with Gasteiger partial charge in [0.05, 0.1) is 17.4 Å². The van der Waals surface area contributed by atoms with Crippen LogP contribution in [-0.4, -0.2) is 33.9 Å². The maximum absolute atomic E-state index is 4.47. The van der Waals surface area contributed by atoms with Crippen LogP contribution in [0, 0.1) is 0 Å². The van der Waals surface area contributed by atoms with E-state index in [1.165, 1.54) is 5.69 Å². The minimum absolute atomic E-state index is 0.430. The molecule has 3 heterocycles. The minimum atomic E-state index is 0.430. The summed E-state index contributed by atoms with van der Waals surface area (Å²) < 4.78 is 2.88. The summed E-state index contributed by atoms with van der Waals surface area (Å²) in [7, 11) is 1.95. The second-order valence-corrected chi connectivity index (χ2v) is 6.80. The average Bonchev–Trinajstić information content (AvgIpc) is 3.17. The molecule has 5 nitrogen and oxygen atoms in total. The van der Waals surface area contributed by atoms with Crippen molar-refractivity contribution >= 4 is 38.2 Å². The fraction of sp³-hybridized carbons (Fsp3) is 0.294. The first-order valence-corrected chi connectivity index (χ1v) is 8.53. The highest BCUT2D eigenvalue weighted by Gasteiger charge is 2.23. The first-order valence-electron chi connectivity index (χ1n) is 7.74. The number of aromatic nitrogens is 3. The van der Waals surface area contributed by atoms with Crippen LogP contribution in [0.4, 0.5) is 11.4 Å². The summed E-state index contributed by atoms with van der Waals surface area (Å²) >= 11 is 3.58. The standard InChI is InChI=1S/C17H18BrN5/c1-22-11-13(9-20-22)23-8-6-12(10-23)21-16-5-7-19-17-14(16)3-2-4-15(17)18/h2-5,7,9,11-12H,6,8,10H2,1H3,(H,19,21). The number of hydrogen-bond donors (Lipinski definition) is 1. The summed E-state index contributed by atoms with van der Waals surface area (Å²) in [6.07, 6.45) is 6.98. The van der Waals surface area contributed by atoms with Crippen molar-refractivity contribution in [2.24, 2.45) is 7.05 Å². The molecule has 0 radical (unpaired) electrons. The number of halogens is 1. The van der Waals surface area contributed by atoms with Gasteiger partial charge >= 0.3 is 0 Å². The number of aryl methyl sites for hydroxylation is 1. The Morgan fingerprint density at radius 1 is 1.30 bits per heavy atom. The first-order chi connectivity index (χ1) is 11.2. The van der Waals surface area contributed by atoms with Crippen LogP contribution in [0.1, 0.15) is 6.42 Å². The highest BCUT2D eigenvalue weighted by Crippen LogP contribution is 2.29. The molecule has 23 heavy (non-hydrogen) atoms. The van der Waals surface area contributed by atoms with Gasteiger partial charge in [0.1, 0.15) is 0 Å². The molecule has 6 heteroatoms. The zero-order valence-electron chi connectivity index (χ0n) is 12.9. The molecule has 1 aliphatic heterocycles. The van der Waals surface area contributed by atoms with E-state index < -0.39 is 0 Å². The van der Waals surface area contributed by atoms with Crippen molar-refractivity contribution in [3.8, 4) is 0 Å². The number of nitrogens with one attached hydrogen (secondary N) is 1. The normalized spacial score (nSPS) is 17.8. The molecule has 1 fully saturated rings. The van der Waals surface area contributed by atoms with Crippen LogP contribution >= 0.6 is 15.9 Å². The van der Waals surface area contributed by atoms with E-state index in [4.69, 9.17) is 0 Å². The van der Waals surface area contributed by atoms with Crippen LogP contribution in [0.2, 0.25) is 0 Å². The molecule has 3 aromatic rings. The average molecular weight is 372 g/mol. The Kier molecular flexibility index (Phi) is 3.69. The van der Waals surface area contributed by atoms with Gasteiger partial charge in [-0.3, -0.25) is 9.67 Å². The lowest BCUT2D eigenvalue weighted by Gasteiger charge is -2.18. The number of benzene rings is 1. The molecule has 1 aliphatic rings. The maximum Gasteiger partial charge on any atom is 0.0864 e. The molecular formula is C17H18BrN5. The number of fused-ring (bicyclic) bond motifs is 1. The Balaban J connectivity index is 1.54. The Hall–Kier alpha value is -2.08. The SMILES string of the molecule is Cn1cc(N2CCC(Nc3ccnc4c(Br)cccc34)C2)cn1. The van der Waals surface area contributed by atoms with Crippen molar-refractivity contribution < 1.29 is 0 Å². The van der Waals surface area contributed by atoms with Crippen LogP contribution in [0.5, 0.6) is 0 Å². The van der Waals surface area contributed by atoms with Crippen LogP contribution in [-0.2, 0) is 7.05 Å². The van der Waals surface area contributed by atoms with Gasteiger partial charge in [-0.05, 0) is 34.5 Å². The monoisotopic (exact) mass is 371 g/mol. The number of rotatable bonds is 3. The maximum atomic E-state index is 4.47. The summed E-state index contributed by atoms with van der Waals surface area (Å²) in [5.41, 5.74) is 3.34. The quantitative estimate of drug-likeness (QED) is 0.765. The molecular weight excluding hydrogens is 354 g/mol. The largest absolute Gasteiger partial charge is 0.380 e. The van der Waals surface area contributed by atoms with Crippen LogP contribution in [0.3, 0.4) is 0 Å². The molecule has 2 aromatic heterocycles. The van der Waals surface area contributed by atoms with E-state index in [1.807, 2.05) is 30.2 Å². The van der Waals surface area contributed by atoms with Gasteiger partial charge in [0.2, 0.25) is 0 Å². The molecule has 4 rings (SSSR count). The Morgan fingerprint density at radius 2 is 2.22 bits per heavy atom. The molecule has 1 atom stereocenters. The van der Waals surface area contributed by atoms with Crippen molar-refractivity contribution in [3.05, 3.63) is 47.3 Å². The van der Waals surface area contributed by atoms with Crippen molar-refractivity contribution in [3.63, 3.8) is 0 Å². The summed E-state index contributed by atoms with van der Waals surface area (Å²) in [6.45, 7) is 2.04. The molecule has 1 unspecified atom stereocenters. The van der Waals surface area contributed by atoms with E-state index in [0.717, 1.165) is 40.6 Å². The molecule has 1 N–H and O–H groups in total. The van der Waals surface area contributed by atoms with Gasteiger partial charge < -0.3 is 10.2 Å². The summed E-state index contributed by atoms with van der Waals surface area (Å²) in [5, 5.41) is 9.10. The lowest BCUT2D eigenvalue weighted by atomic mass is 10.1. The van der Waals surface area contributed by atoms with Crippen molar-refractivity contribution in [1.29, 1.82) is 0 Å². The molecule has 1 aromatic carbocycles.